The number of carbonyl (C=O) groups is 1. The van der Waals surface area contributed by atoms with Crippen molar-refractivity contribution in [1.29, 1.82) is 0 Å². The van der Waals surface area contributed by atoms with Crippen molar-refractivity contribution in [3.8, 4) is 0 Å². The maximum atomic E-state index is 12.1. The SMILES string of the molecule is COCCNS(=O)(=O)c1ccc(CNCc2ccc(C(=O)O)cc2)cc1. The van der Waals surface area contributed by atoms with Crippen molar-refractivity contribution in [2.75, 3.05) is 20.3 Å². The van der Waals surface area contributed by atoms with Gasteiger partial charge in [0, 0.05) is 26.7 Å². The lowest BCUT2D eigenvalue weighted by molar-refractivity contribution is 0.0697. The van der Waals surface area contributed by atoms with E-state index in [0.29, 0.717) is 19.7 Å². The molecular formula is C18H22N2O5S. The maximum absolute atomic E-state index is 12.1. The highest BCUT2D eigenvalue weighted by atomic mass is 32.2. The highest BCUT2D eigenvalue weighted by Crippen LogP contribution is 2.11. The van der Waals surface area contributed by atoms with Crippen molar-refractivity contribution in [3.63, 3.8) is 0 Å². The van der Waals surface area contributed by atoms with Crippen LogP contribution in [0.1, 0.15) is 21.5 Å². The Morgan fingerprint density at radius 2 is 1.54 bits per heavy atom. The molecule has 26 heavy (non-hydrogen) atoms. The zero-order valence-corrected chi connectivity index (χ0v) is 15.3. The summed E-state index contributed by atoms with van der Waals surface area (Å²) >= 11 is 0. The average Bonchev–Trinajstić information content (AvgIpc) is 2.63. The lowest BCUT2D eigenvalue weighted by Gasteiger charge is -2.08. The Balaban J connectivity index is 1.86. The fourth-order valence-electron chi connectivity index (χ4n) is 2.26. The average molecular weight is 378 g/mol. The normalized spacial score (nSPS) is 11.4. The van der Waals surface area contributed by atoms with Crippen LogP contribution in [0.25, 0.3) is 0 Å². The van der Waals surface area contributed by atoms with E-state index in [9.17, 15) is 13.2 Å². The molecule has 0 aliphatic carbocycles. The molecule has 140 valence electrons. The molecule has 8 heteroatoms. The molecule has 0 unspecified atom stereocenters. The third kappa shape index (κ3) is 5.92. The van der Waals surface area contributed by atoms with Crippen LogP contribution < -0.4 is 10.0 Å². The molecule has 0 bridgehead atoms. The standard InChI is InChI=1S/C18H22N2O5S/c1-25-11-10-20-26(23,24)17-8-4-15(5-9-17)13-19-12-14-2-6-16(7-3-14)18(21)22/h2-9,19-20H,10-13H2,1H3,(H,21,22). The third-order valence-electron chi connectivity index (χ3n) is 3.69. The first-order valence-electron chi connectivity index (χ1n) is 8.03. The topological polar surface area (TPSA) is 105 Å². The number of ether oxygens (including phenoxy) is 1. The second-order valence-corrected chi connectivity index (χ2v) is 7.41. The molecule has 0 aliphatic heterocycles. The van der Waals surface area contributed by atoms with E-state index < -0.39 is 16.0 Å². The van der Waals surface area contributed by atoms with Crippen LogP contribution in [0.5, 0.6) is 0 Å². The number of hydrogen-bond acceptors (Lipinski definition) is 5. The highest BCUT2D eigenvalue weighted by molar-refractivity contribution is 7.89. The molecule has 0 amide bonds. The van der Waals surface area contributed by atoms with Gasteiger partial charge in [0.05, 0.1) is 17.1 Å². The number of aromatic carboxylic acids is 1. The minimum Gasteiger partial charge on any atom is -0.478 e. The molecule has 0 aromatic heterocycles. The first kappa shape index (κ1) is 20.1. The van der Waals surface area contributed by atoms with Gasteiger partial charge in [-0.25, -0.2) is 17.9 Å². The molecule has 7 nitrogen and oxygen atoms in total. The summed E-state index contributed by atoms with van der Waals surface area (Å²) in [7, 11) is -2.01. The monoisotopic (exact) mass is 378 g/mol. The largest absolute Gasteiger partial charge is 0.478 e. The summed E-state index contributed by atoms with van der Waals surface area (Å²) in [5.74, 6) is -0.948. The summed E-state index contributed by atoms with van der Waals surface area (Å²) in [6, 6.07) is 13.3. The molecule has 0 heterocycles. The Bertz CT molecular complexity index is 818. The summed E-state index contributed by atoms with van der Waals surface area (Å²) in [4.78, 5) is 11.0. The van der Waals surface area contributed by atoms with Gasteiger partial charge in [0.1, 0.15) is 0 Å². The minimum atomic E-state index is -3.52. The van der Waals surface area contributed by atoms with E-state index in [2.05, 4.69) is 10.0 Å². The van der Waals surface area contributed by atoms with Gasteiger partial charge >= 0.3 is 5.97 Å². The van der Waals surface area contributed by atoms with E-state index in [4.69, 9.17) is 9.84 Å². The number of carboxylic acid groups (broad SMARTS) is 1. The molecule has 0 spiro atoms. The van der Waals surface area contributed by atoms with Crippen LogP contribution >= 0.6 is 0 Å². The van der Waals surface area contributed by atoms with Gasteiger partial charge in [-0.2, -0.15) is 0 Å². The van der Waals surface area contributed by atoms with Crippen molar-refractivity contribution in [3.05, 3.63) is 65.2 Å². The van der Waals surface area contributed by atoms with Gasteiger partial charge in [0.2, 0.25) is 10.0 Å². The summed E-state index contributed by atoms with van der Waals surface area (Å²) in [5.41, 5.74) is 2.17. The van der Waals surface area contributed by atoms with Crippen LogP contribution in [0.3, 0.4) is 0 Å². The van der Waals surface area contributed by atoms with E-state index in [1.165, 1.54) is 7.11 Å². The Morgan fingerprint density at radius 1 is 1.00 bits per heavy atom. The molecule has 3 N–H and O–H groups in total. The number of rotatable bonds is 10. The van der Waals surface area contributed by atoms with E-state index in [0.717, 1.165) is 11.1 Å². The van der Waals surface area contributed by atoms with E-state index in [1.54, 1.807) is 48.5 Å². The smallest absolute Gasteiger partial charge is 0.335 e. The number of nitrogens with one attached hydrogen (secondary N) is 2. The molecule has 0 radical (unpaired) electrons. The molecule has 2 rings (SSSR count). The Kier molecular flexibility index (Phi) is 7.28. The molecule has 0 aliphatic rings. The first-order chi connectivity index (χ1) is 12.4. The second-order valence-electron chi connectivity index (χ2n) is 5.64. The van der Waals surface area contributed by atoms with Crippen molar-refractivity contribution in [1.82, 2.24) is 10.0 Å². The van der Waals surface area contributed by atoms with Gasteiger partial charge in [-0.1, -0.05) is 24.3 Å². The van der Waals surface area contributed by atoms with Gasteiger partial charge in [0.15, 0.2) is 0 Å². The summed E-state index contributed by atoms with van der Waals surface area (Å²) < 4.78 is 31.4. The summed E-state index contributed by atoms with van der Waals surface area (Å²) in [6.07, 6.45) is 0. The summed E-state index contributed by atoms with van der Waals surface area (Å²) in [6.45, 7) is 1.69. The number of benzene rings is 2. The Hall–Kier alpha value is -2.26. The number of methoxy groups -OCH3 is 1. The van der Waals surface area contributed by atoms with Crippen LogP contribution in [-0.2, 0) is 27.8 Å². The van der Waals surface area contributed by atoms with Crippen LogP contribution in [0, 0.1) is 0 Å². The Labute approximate surface area is 153 Å². The molecule has 0 saturated heterocycles. The first-order valence-corrected chi connectivity index (χ1v) is 9.51. The predicted octanol–water partition coefficient (Wildman–Crippen LogP) is 1.60. The molecule has 2 aromatic rings. The molecular weight excluding hydrogens is 356 g/mol. The van der Waals surface area contributed by atoms with Gasteiger partial charge < -0.3 is 15.2 Å². The number of sulfonamides is 1. The number of hydrogen-bond donors (Lipinski definition) is 3. The molecule has 2 aromatic carbocycles. The quantitative estimate of drug-likeness (QED) is 0.543. The molecule has 0 fully saturated rings. The van der Waals surface area contributed by atoms with Gasteiger partial charge in [0.25, 0.3) is 0 Å². The fourth-order valence-corrected chi connectivity index (χ4v) is 3.28. The van der Waals surface area contributed by atoms with Crippen molar-refractivity contribution in [2.24, 2.45) is 0 Å². The van der Waals surface area contributed by atoms with Crippen LogP contribution in [0.15, 0.2) is 53.4 Å². The van der Waals surface area contributed by atoms with Crippen LogP contribution in [-0.4, -0.2) is 39.8 Å². The summed E-state index contributed by atoms with van der Waals surface area (Å²) in [5, 5.41) is 12.1. The lowest BCUT2D eigenvalue weighted by atomic mass is 10.1. The van der Waals surface area contributed by atoms with Crippen molar-refractivity contribution >= 4 is 16.0 Å². The van der Waals surface area contributed by atoms with Gasteiger partial charge in [-0.3, -0.25) is 0 Å². The second kappa shape index (κ2) is 9.44. The minimum absolute atomic E-state index is 0.210. The highest BCUT2D eigenvalue weighted by Gasteiger charge is 2.12. The van der Waals surface area contributed by atoms with E-state index in [1.807, 2.05) is 0 Å². The number of carboxylic acids is 1. The van der Waals surface area contributed by atoms with E-state index >= 15 is 0 Å². The predicted molar refractivity (Wildman–Crippen MR) is 97.5 cm³/mol. The van der Waals surface area contributed by atoms with E-state index in [-0.39, 0.29) is 17.0 Å². The maximum Gasteiger partial charge on any atom is 0.335 e. The van der Waals surface area contributed by atoms with Gasteiger partial charge in [-0.05, 0) is 35.4 Å². The zero-order valence-electron chi connectivity index (χ0n) is 14.4. The van der Waals surface area contributed by atoms with Crippen molar-refractivity contribution in [2.45, 2.75) is 18.0 Å². The van der Waals surface area contributed by atoms with Crippen LogP contribution in [0.2, 0.25) is 0 Å². The van der Waals surface area contributed by atoms with Crippen molar-refractivity contribution < 1.29 is 23.1 Å². The third-order valence-corrected chi connectivity index (χ3v) is 5.17. The fraction of sp³-hybridized carbons (Fsp3) is 0.278. The molecule has 0 saturated carbocycles. The zero-order chi connectivity index (χ0) is 19.0. The molecule has 0 atom stereocenters. The Morgan fingerprint density at radius 3 is 2.04 bits per heavy atom. The lowest BCUT2D eigenvalue weighted by Crippen LogP contribution is -2.27. The van der Waals surface area contributed by atoms with Gasteiger partial charge in [-0.15, -0.1) is 0 Å². The van der Waals surface area contributed by atoms with Crippen LogP contribution in [0.4, 0.5) is 0 Å².